The highest BCUT2D eigenvalue weighted by Crippen LogP contribution is 2.27. The Morgan fingerprint density at radius 1 is 1.47 bits per heavy atom. The van der Waals surface area contributed by atoms with E-state index in [1.54, 1.807) is 12.4 Å². The molecule has 3 N–H and O–H groups in total. The maximum atomic E-state index is 5.87. The van der Waals surface area contributed by atoms with E-state index < -0.39 is 0 Å². The Kier molecular flexibility index (Phi) is 3.72. The Hall–Kier alpha value is -1.88. The van der Waals surface area contributed by atoms with Gasteiger partial charge in [-0.2, -0.15) is 5.10 Å². The van der Waals surface area contributed by atoms with Gasteiger partial charge in [0.15, 0.2) is 5.82 Å². The van der Waals surface area contributed by atoms with Crippen LogP contribution in [0.15, 0.2) is 24.5 Å². The van der Waals surface area contributed by atoms with E-state index in [9.17, 15) is 0 Å². The third kappa shape index (κ3) is 2.62. The van der Waals surface area contributed by atoms with E-state index >= 15 is 0 Å². The van der Waals surface area contributed by atoms with Crippen LogP contribution < -0.4 is 5.73 Å². The fraction of sp³-hybridized carbons (Fsp3) is 0.333. The first-order valence-electron chi connectivity index (χ1n) is 5.63. The third-order valence-corrected chi connectivity index (χ3v) is 2.52. The van der Waals surface area contributed by atoms with Gasteiger partial charge in [0, 0.05) is 42.2 Å². The van der Waals surface area contributed by atoms with Gasteiger partial charge in [-0.15, -0.1) is 0 Å². The van der Waals surface area contributed by atoms with Crippen molar-refractivity contribution in [1.29, 1.82) is 0 Å². The number of aromatic nitrogens is 3. The van der Waals surface area contributed by atoms with Crippen LogP contribution in [0, 0.1) is 0 Å². The van der Waals surface area contributed by atoms with Crippen molar-refractivity contribution in [3.63, 3.8) is 0 Å². The third-order valence-electron chi connectivity index (χ3n) is 2.52. The van der Waals surface area contributed by atoms with E-state index in [1.807, 2.05) is 19.1 Å². The summed E-state index contributed by atoms with van der Waals surface area (Å²) < 4.78 is 5.33. The van der Waals surface area contributed by atoms with Gasteiger partial charge >= 0.3 is 0 Å². The van der Waals surface area contributed by atoms with Crippen molar-refractivity contribution >= 4 is 5.82 Å². The van der Waals surface area contributed by atoms with E-state index in [0.29, 0.717) is 19.0 Å². The molecule has 0 aromatic carbocycles. The highest BCUT2D eigenvalue weighted by Gasteiger charge is 2.12. The lowest BCUT2D eigenvalue weighted by Crippen LogP contribution is -2.00. The lowest BCUT2D eigenvalue weighted by atomic mass is 10.1. The van der Waals surface area contributed by atoms with Crippen molar-refractivity contribution in [2.24, 2.45) is 0 Å². The minimum Gasteiger partial charge on any atom is -0.382 e. The molecule has 0 unspecified atom stereocenters. The highest BCUT2D eigenvalue weighted by atomic mass is 16.5. The molecule has 2 rings (SSSR count). The van der Waals surface area contributed by atoms with E-state index in [-0.39, 0.29) is 0 Å². The summed E-state index contributed by atoms with van der Waals surface area (Å²) in [6.07, 6.45) is 4.29. The standard InChI is InChI=1S/C12H16N4O/c1-2-17-7-5-10-11(12(13)16-15-10)9-4-3-6-14-8-9/h3-4,6,8H,2,5,7H2,1H3,(H3,13,15,16). The molecule has 0 atom stereocenters. The number of nitrogens with one attached hydrogen (secondary N) is 1. The molecule has 5 heteroatoms. The maximum absolute atomic E-state index is 5.87. The minimum absolute atomic E-state index is 0.504. The molecular formula is C12H16N4O. The molecule has 0 radical (unpaired) electrons. The van der Waals surface area contributed by atoms with Crippen LogP contribution in [0.5, 0.6) is 0 Å². The van der Waals surface area contributed by atoms with Gasteiger partial charge in [0.05, 0.1) is 6.61 Å². The summed E-state index contributed by atoms with van der Waals surface area (Å²) in [5, 5.41) is 6.99. The van der Waals surface area contributed by atoms with Crippen LogP contribution in [0.3, 0.4) is 0 Å². The monoisotopic (exact) mass is 232 g/mol. The summed E-state index contributed by atoms with van der Waals surface area (Å²) >= 11 is 0. The van der Waals surface area contributed by atoms with Crippen LogP contribution in [0.1, 0.15) is 12.6 Å². The molecule has 0 fully saturated rings. The van der Waals surface area contributed by atoms with E-state index in [0.717, 1.165) is 23.2 Å². The first-order valence-corrected chi connectivity index (χ1v) is 5.63. The molecule has 0 bridgehead atoms. The number of anilines is 1. The molecule has 0 aliphatic carbocycles. The Bertz CT molecular complexity index is 467. The molecule has 17 heavy (non-hydrogen) atoms. The Balaban J connectivity index is 2.24. The number of nitrogen functional groups attached to an aromatic ring is 1. The zero-order chi connectivity index (χ0) is 12.1. The normalized spacial score (nSPS) is 10.6. The zero-order valence-corrected chi connectivity index (χ0v) is 9.81. The molecule has 2 heterocycles. The van der Waals surface area contributed by atoms with Gasteiger partial charge in [0.1, 0.15) is 0 Å². The van der Waals surface area contributed by atoms with Gasteiger partial charge in [0.2, 0.25) is 0 Å². The molecule has 0 aliphatic heterocycles. The van der Waals surface area contributed by atoms with Crippen LogP contribution in [0.4, 0.5) is 5.82 Å². The predicted octanol–water partition coefficient (Wildman–Crippen LogP) is 1.63. The minimum atomic E-state index is 0.504. The molecule has 0 saturated heterocycles. The molecule has 2 aromatic rings. The number of ether oxygens (including phenoxy) is 1. The fourth-order valence-electron chi connectivity index (χ4n) is 1.73. The van der Waals surface area contributed by atoms with Crippen LogP contribution in [-0.4, -0.2) is 28.4 Å². The quantitative estimate of drug-likeness (QED) is 0.768. The van der Waals surface area contributed by atoms with Crippen molar-refractivity contribution in [1.82, 2.24) is 15.2 Å². The second-order valence-electron chi connectivity index (χ2n) is 3.65. The van der Waals surface area contributed by atoms with Crippen LogP contribution in [0.25, 0.3) is 11.1 Å². The molecule has 0 spiro atoms. The smallest absolute Gasteiger partial charge is 0.153 e. The average molecular weight is 232 g/mol. The van der Waals surface area contributed by atoms with Gasteiger partial charge in [-0.3, -0.25) is 10.1 Å². The molecule has 90 valence electrons. The largest absolute Gasteiger partial charge is 0.382 e. The Morgan fingerprint density at radius 2 is 2.35 bits per heavy atom. The molecule has 0 aliphatic rings. The summed E-state index contributed by atoms with van der Waals surface area (Å²) in [7, 11) is 0. The number of rotatable bonds is 5. The topological polar surface area (TPSA) is 76.8 Å². The summed E-state index contributed by atoms with van der Waals surface area (Å²) in [6.45, 7) is 3.35. The maximum Gasteiger partial charge on any atom is 0.153 e. The van der Waals surface area contributed by atoms with Gasteiger partial charge in [-0.25, -0.2) is 0 Å². The van der Waals surface area contributed by atoms with E-state index in [1.165, 1.54) is 0 Å². The first kappa shape index (κ1) is 11.6. The Labute approximate surface area is 100 Å². The van der Waals surface area contributed by atoms with Crippen molar-refractivity contribution in [3.05, 3.63) is 30.2 Å². The lowest BCUT2D eigenvalue weighted by Gasteiger charge is -2.04. The molecule has 5 nitrogen and oxygen atoms in total. The lowest BCUT2D eigenvalue weighted by molar-refractivity contribution is 0.150. The number of nitrogens with zero attached hydrogens (tertiary/aromatic N) is 2. The number of hydrogen-bond donors (Lipinski definition) is 2. The van der Waals surface area contributed by atoms with Crippen LogP contribution in [-0.2, 0) is 11.2 Å². The van der Waals surface area contributed by atoms with Crippen molar-refractivity contribution in [2.75, 3.05) is 18.9 Å². The molecule has 0 amide bonds. The number of aromatic amines is 1. The molecule has 0 saturated carbocycles. The average Bonchev–Trinajstić information content (AvgIpc) is 2.72. The summed E-state index contributed by atoms with van der Waals surface area (Å²) in [5.74, 6) is 0.504. The van der Waals surface area contributed by atoms with Crippen molar-refractivity contribution in [3.8, 4) is 11.1 Å². The van der Waals surface area contributed by atoms with Gasteiger partial charge in [-0.05, 0) is 13.0 Å². The summed E-state index contributed by atoms with van der Waals surface area (Å²) in [6, 6.07) is 3.85. The van der Waals surface area contributed by atoms with E-state index in [2.05, 4.69) is 15.2 Å². The van der Waals surface area contributed by atoms with Crippen LogP contribution in [0.2, 0.25) is 0 Å². The second-order valence-corrected chi connectivity index (χ2v) is 3.65. The summed E-state index contributed by atoms with van der Waals surface area (Å²) in [4.78, 5) is 4.09. The van der Waals surface area contributed by atoms with Crippen molar-refractivity contribution in [2.45, 2.75) is 13.3 Å². The Morgan fingerprint density at radius 3 is 3.06 bits per heavy atom. The SMILES string of the molecule is CCOCCc1[nH]nc(N)c1-c1cccnc1. The second kappa shape index (κ2) is 5.45. The van der Waals surface area contributed by atoms with Gasteiger partial charge in [-0.1, -0.05) is 6.07 Å². The number of pyridine rings is 1. The molecule has 2 aromatic heterocycles. The van der Waals surface area contributed by atoms with E-state index in [4.69, 9.17) is 10.5 Å². The van der Waals surface area contributed by atoms with Crippen LogP contribution >= 0.6 is 0 Å². The predicted molar refractivity (Wildman–Crippen MR) is 66.4 cm³/mol. The highest BCUT2D eigenvalue weighted by molar-refractivity contribution is 5.75. The van der Waals surface area contributed by atoms with Gasteiger partial charge in [0.25, 0.3) is 0 Å². The van der Waals surface area contributed by atoms with Crippen molar-refractivity contribution < 1.29 is 4.74 Å². The fourth-order valence-corrected chi connectivity index (χ4v) is 1.73. The number of nitrogens with two attached hydrogens (primary N) is 1. The van der Waals surface area contributed by atoms with Gasteiger partial charge < -0.3 is 10.5 Å². The zero-order valence-electron chi connectivity index (χ0n) is 9.81. The summed E-state index contributed by atoms with van der Waals surface area (Å²) in [5.41, 5.74) is 8.76. The number of hydrogen-bond acceptors (Lipinski definition) is 4. The molecular weight excluding hydrogens is 216 g/mol. The number of H-pyrrole nitrogens is 1. The first-order chi connectivity index (χ1) is 8.33.